The van der Waals surface area contributed by atoms with Crippen LogP contribution in [0.3, 0.4) is 0 Å². The number of nitrogens with zero attached hydrogens (tertiary/aromatic N) is 3. The Morgan fingerprint density at radius 2 is 2.04 bits per heavy atom. The maximum Gasteiger partial charge on any atom is 0.265 e. The van der Waals surface area contributed by atoms with Gasteiger partial charge in [-0.15, -0.1) is 0 Å². The molecule has 2 rings (SSSR count). The predicted molar refractivity (Wildman–Crippen MR) is 103 cm³/mol. The highest BCUT2D eigenvalue weighted by atomic mass is 35.6. The zero-order valence-corrected chi connectivity index (χ0v) is 16.9. The molecular formula is C16H19Cl3N4O4. The monoisotopic (exact) mass is 436 g/mol. The summed E-state index contributed by atoms with van der Waals surface area (Å²) in [4.78, 5) is 2.83. The van der Waals surface area contributed by atoms with Crippen molar-refractivity contribution < 1.29 is 18.9 Å². The van der Waals surface area contributed by atoms with Gasteiger partial charge in [0, 0.05) is 4.91 Å². The third kappa shape index (κ3) is 6.04. The molecule has 27 heavy (non-hydrogen) atoms. The highest BCUT2D eigenvalue weighted by Crippen LogP contribution is 2.32. The van der Waals surface area contributed by atoms with Gasteiger partial charge in [0.15, 0.2) is 0 Å². The fourth-order valence-corrected chi connectivity index (χ4v) is 2.67. The van der Waals surface area contributed by atoms with Crippen LogP contribution in [0.2, 0.25) is 0 Å². The van der Waals surface area contributed by atoms with Gasteiger partial charge in [-0.1, -0.05) is 59.0 Å². The van der Waals surface area contributed by atoms with Gasteiger partial charge in [0.25, 0.3) is 3.79 Å². The summed E-state index contributed by atoms with van der Waals surface area (Å²) in [6, 6.07) is 6.72. The molecule has 8 nitrogen and oxygen atoms in total. The van der Waals surface area contributed by atoms with Gasteiger partial charge in [-0.25, -0.2) is 0 Å². The maximum absolute atomic E-state index is 8.85. The molecule has 4 atom stereocenters. The fourth-order valence-electron chi connectivity index (χ4n) is 2.54. The van der Waals surface area contributed by atoms with E-state index in [0.29, 0.717) is 6.61 Å². The molecule has 1 aromatic rings. The zero-order valence-electron chi connectivity index (χ0n) is 14.6. The summed E-state index contributed by atoms with van der Waals surface area (Å²) in [6.45, 7) is 2.36. The fraction of sp³-hybridized carbons (Fsp3) is 0.562. The average molecular weight is 438 g/mol. The topological polar surface area (TPSA) is 110 Å². The molecule has 0 aromatic heterocycles. The normalized spacial score (nSPS) is 25.4. The van der Waals surface area contributed by atoms with Crippen LogP contribution in [-0.2, 0) is 20.8 Å². The first-order chi connectivity index (χ1) is 12.8. The lowest BCUT2D eigenvalue weighted by Crippen LogP contribution is -2.50. The molecule has 148 valence electrons. The zero-order chi connectivity index (χ0) is 20.0. The van der Waals surface area contributed by atoms with Crippen LogP contribution >= 0.6 is 34.8 Å². The van der Waals surface area contributed by atoms with Crippen molar-refractivity contribution in [2.45, 2.75) is 35.8 Å². The van der Waals surface area contributed by atoms with Crippen LogP contribution in [0.25, 0.3) is 10.4 Å². The van der Waals surface area contributed by atoms with E-state index in [2.05, 4.69) is 10.0 Å². The second-order valence-electron chi connectivity index (χ2n) is 5.90. The van der Waals surface area contributed by atoms with E-state index in [1.807, 2.05) is 31.2 Å². The summed E-state index contributed by atoms with van der Waals surface area (Å²) in [7, 11) is 1.60. The van der Waals surface area contributed by atoms with E-state index in [1.54, 1.807) is 7.11 Å². The average Bonchev–Trinajstić information content (AvgIpc) is 2.63. The number of alkyl halides is 3. The molecule has 1 aliphatic rings. The Hall–Kier alpha value is -1.41. The molecule has 11 heteroatoms. The summed E-state index contributed by atoms with van der Waals surface area (Å²) in [5.74, 6) is -0.102. The minimum Gasteiger partial charge on any atom is -0.497 e. The Kier molecular flexibility index (Phi) is 7.85. The van der Waals surface area contributed by atoms with Crippen molar-refractivity contribution in [3.63, 3.8) is 0 Å². The SMILES string of the molecule is COc1ccc(COC2COC(OC(=N)C(Cl)(Cl)Cl)C(N=[N+]=[N-])C2C)cc1. The van der Waals surface area contributed by atoms with Crippen LogP contribution in [0.4, 0.5) is 0 Å². The van der Waals surface area contributed by atoms with Gasteiger partial charge in [0.1, 0.15) is 11.8 Å². The molecule has 0 amide bonds. The van der Waals surface area contributed by atoms with Crippen molar-refractivity contribution in [2.24, 2.45) is 11.0 Å². The molecule has 1 aromatic carbocycles. The number of halogens is 3. The number of azide groups is 1. The summed E-state index contributed by atoms with van der Waals surface area (Å²) in [5, 5.41) is 11.4. The molecule has 0 radical (unpaired) electrons. The van der Waals surface area contributed by atoms with E-state index < -0.39 is 22.0 Å². The van der Waals surface area contributed by atoms with Gasteiger partial charge in [0.05, 0.1) is 26.4 Å². The Bertz CT molecular complexity index is 692. The van der Waals surface area contributed by atoms with Gasteiger partial charge in [-0.3, -0.25) is 5.41 Å². The molecule has 1 aliphatic heterocycles. The van der Waals surface area contributed by atoms with Gasteiger partial charge < -0.3 is 18.9 Å². The summed E-state index contributed by atoms with van der Waals surface area (Å²) in [6.07, 6.45) is -1.38. The van der Waals surface area contributed by atoms with E-state index in [-0.39, 0.29) is 18.6 Å². The van der Waals surface area contributed by atoms with E-state index in [9.17, 15) is 0 Å². The van der Waals surface area contributed by atoms with Gasteiger partial charge in [-0.2, -0.15) is 0 Å². The molecule has 0 bridgehead atoms. The number of hydrogen-bond donors (Lipinski definition) is 1. The molecular weight excluding hydrogens is 419 g/mol. The standard InChI is InChI=1S/C16H19Cl3N4O4/c1-9-12(25-7-10-3-5-11(24-2)6-4-10)8-26-14(13(9)22-23-21)27-15(20)16(17,18)19/h3-6,9,12-14,20H,7-8H2,1-2H3. The minimum atomic E-state index is -2.03. The number of nitrogens with one attached hydrogen (secondary N) is 1. The lowest BCUT2D eigenvalue weighted by molar-refractivity contribution is -0.193. The smallest absolute Gasteiger partial charge is 0.265 e. The van der Waals surface area contributed by atoms with Crippen LogP contribution < -0.4 is 4.74 Å². The third-order valence-corrected chi connectivity index (χ3v) is 4.64. The van der Waals surface area contributed by atoms with Crippen LogP contribution in [0.15, 0.2) is 29.4 Å². The Morgan fingerprint density at radius 1 is 1.37 bits per heavy atom. The predicted octanol–water partition coefficient (Wildman–Crippen LogP) is 4.62. The summed E-state index contributed by atoms with van der Waals surface area (Å²) in [5.41, 5.74) is 9.81. The highest BCUT2D eigenvalue weighted by molar-refractivity contribution is 6.76. The minimum absolute atomic E-state index is 0.173. The number of hydrogen-bond acceptors (Lipinski definition) is 6. The van der Waals surface area contributed by atoms with Crippen LogP contribution in [0.5, 0.6) is 5.75 Å². The van der Waals surface area contributed by atoms with Crippen molar-refractivity contribution in [1.29, 1.82) is 5.41 Å². The van der Waals surface area contributed by atoms with Gasteiger partial charge in [-0.05, 0) is 29.1 Å². The number of rotatable bonds is 6. The summed E-state index contributed by atoms with van der Waals surface area (Å²) < 4.78 is 19.8. The number of benzene rings is 1. The Morgan fingerprint density at radius 3 is 2.59 bits per heavy atom. The highest BCUT2D eigenvalue weighted by Gasteiger charge is 2.42. The largest absolute Gasteiger partial charge is 0.497 e. The lowest BCUT2D eigenvalue weighted by Gasteiger charge is -2.39. The first kappa shape index (κ1) is 21.9. The van der Waals surface area contributed by atoms with Crippen molar-refractivity contribution in [3.8, 4) is 5.75 Å². The van der Waals surface area contributed by atoms with Crippen molar-refractivity contribution in [2.75, 3.05) is 13.7 Å². The Balaban J connectivity index is 2.00. The van der Waals surface area contributed by atoms with E-state index >= 15 is 0 Å². The third-order valence-electron chi connectivity index (χ3n) is 4.13. The second kappa shape index (κ2) is 9.68. The summed E-state index contributed by atoms with van der Waals surface area (Å²) >= 11 is 16.9. The maximum atomic E-state index is 8.85. The van der Waals surface area contributed by atoms with Crippen molar-refractivity contribution in [3.05, 3.63) is 40.3 Å². The molecule has 1 saturated heterocycles. The molecule has 1 N–H and O–H groups in total. The Labute approximate surface area is 171 Å². The molecule has 0 aliphatic carbocycles. The van der Waals surface area contributed by atoms with E-state index in [0.717, 1.165) is 11.3 Å². The van der Waals surface area contributed by atoms with E-state index in [4.69, 9.17) is 64.7 Å². The second-order valence-corrected chi connectivity index (χ2v) is 8.18. The van der Waals surface area contributed by atoms with Crippen LogP contribution in [-0.4, -0.2) is 41.8 Å². The number of methoxy groups -OCH3 is 1. The molecule has 0 saturated carbocycles. The quantitative estimate of drug-likeness (QED) is 0.175. The molecule has 1 heterocycles. The molecule has 4 unspecified atom stereocenters. The van der Waals surface area contributed by atoms with Crippen LogP contribution in [0.1, 0.15) is 12.5 Å². The van der Waals surface area contributed by atoms with Gasteiger partial charge in [0.2, 0.25) is 12.2 Å². The molecule has 0 spiro atoms. The van der Waals surface area contributed by atoms with Crippen molar-refractivity contribution in [1.82, 2.24) is 0 Å². The first-order valence-electron chi connectivity index (χ1n) is 7.99. The molecule has 1 fully saturated rings. The van der Waals surface area contributed by atoms with E-state index in [1.165, 1.54) is 0 Å². The number of ether oxygens (including phenoxy) is 4. The van der Waals surface area contributed by atoms with Crippen LogP contribution in [0, 0.1) is 11.3 Å². The van der Waals surface area contributed by atoms with Crippen molar-refractivity contribution >= 4 is 40.7 Å². The lowest BCUT2D eigenvalue weighted by atomic mass is 9.93. The van der Waals surface area contributed by atoms with Gasteiger partial charge >= 0.3 is 0 Å². The first-order valence-corrected chi connectivity index (χ1v) is 9.12.